The highest BCUT2D eigenvalue weighted by atomic mass is 19.4. The van der Waals surface area contributed by atoms with E-state index >= 15 is 0 Å². The number of nitrogens with one attached hydrogen (secondary N) is 1. The number of hydrogen-bond acceptors (Lipinski definition) is 5. The van der Waals surface area contributed by atoms with E-state index < -0.39 is 6.36 Å². The van der Waals surface area contributed by atoms with Gasteiger partial charge in [0.1, 0.15) is 18.1 Å². The number of ether oxygens (including phenoxy) is 3. The molecule has 8 heteroatoms. The zero-order valence-electron chi connectivity index (χ0n) is 14.3. The van der Waals surface area contributed by atoms with Crippen LogP contribution in [0.1, 0.15) is 31.2 Å². The average Bonchev–Trinajstić information content (AvgIpc) is 2.55. The zero-order chi connectivity index (χ0) is 18.3. The Labute approximate surface area is 145 Å². The Morgan fingerprint density at radius 2 is 1.88 bits per heavy atom. The zero-order valence-corrected chi connectivity index (χ0v) is 14.3. The highest BCUT2D eigenvalue weighted by Crippen LogP contribution is 2.29. The second kappa shape index (κ2) is 9.26. The van der Waals surface area contributed by atoms with Crippen LogP contribution in [0.5, 0.6) is 11.5 Å². The summed E-state index contributed by atoms with van der Waals surface area (Å²) in [5.41, 5.74) is 6.51. The first-order chi connectivity index (χ1) is 11.9. The second-order valence-electron chi connectivity index (χ2n) is 6.15. The maximum absolute atomic E-state index is 12.4. The van der Waals surface area contributed by atoms with E-state index in [1.54, 1.807) is 7.11 Å². The lowest BCUT2D eigenvalue weighted by Crippen LogP contribution is -2.37. The van der Waals surface area contributed by atoms with Crippen molar-refractivity contribution in [3.05, 3.63) is 23.8 Å². The number of hydrogen-bond donors (Lipinski definition) is 2. The van der Waals surface area contributed by atoms with E-state index in [1.807, 2.05) is 0 Å². The molecule has 1 saturated carbocycles. The van der Waals surface area contributed by atoms with Crippen molar-refractivity contribution in [3.8, 4) is 11.5 Å². The largest absolute Gasteiger partial charge is 0.573 e. The molecule has 0 saturated heterocycles. The molecule has 0 unspecified atom stereocenters. The minimum Gasteiger partial charge on any atom is -0.491 e. The van der Waals surface area contributed by atoms with Crippen LogP contribution < -0.4 is 20.5 Å². The fourth-order valence-corrected chi connectivity index (χ4v) is 2.84. The second-order valence-corrected chi connectivity index (χ2v) is 6.15. The summed E-state index contributed by atoms with van der Waals surface area (Å²) < 4.78 is 51.8. The van der Waals surface area contributed by atoms with Gasteiger partial charge in [0.25, 0.3) is 0 Å². The number of halogens is 3. The van der Waals surface area contributed by atoms with Gasteiger partial charge in [-0.15, -0.1) is 13.2 Å². The van der Waals surface area contributed by atoms with Crippen molar-refractivity contribution in [1.82, 2.24) is 5.32 Å². The van der Waals surface area contributed by atoms with Crippen LogP contribution in [0.2, 0.25) is 0 Å². The first-order valence-electron chi connectivity index (χ1n) is 8.37. The lowest BCUT2D eigenvalue weighted by atomic mass is 9.92. The molecule has 1 aromatic carbocycles. The molecule has 0 radical (unpaired) electrons. The molecule has 1 aliphatic rings. The SMILES string of the molecule is COCCOc1ccc(OC(F)(F)F)cc1CNC1CCC(N)CC1. The van der Waals surface area contributed by atoms with Crippen LogP contribution in [-0.4, -0.2) is 38.8 Å². The lowest BCUT2D eigenvalue weighted by Gasteiger charge is -2.27. The molecule has 2 rings (SSSR count). The molecule has 0 amide bonds. The minimum atomic E-state index is -4.72. The predicted molar refractivity (Wildman–Crippen MR) is 87.6 cm³/mol. The van der Waals surface area contributed by atoms with Gasteiger partial charge in [0.05, 0.1) is 6.61 Å². The first kappa shape index (κ1) is 19.8. The van der Waals surface area contributed by atoms with Gasteiger partial charge >= 0.3 is 6.36 Å². The van der Waals surface area contributed by atoms with Crippen LogP contribution in [0.3, 0.4) is 0 Å². The molecule has 1 aliphatic carbocycles. The Bertz CT molecular complexity index is 532. The number of methoxy groups -OCH3 is 1. The smallest absolute Gasteiger partial charge is 0.491 e. The predicted octanol–water partition coefficient (Wildman–Crippen LogP) is 2.97. The summed E-state index contributed by atoms with van der Waals surface area (Å²) in [5.74, 6) is 0.264. The van der Waals surface area contributed by atoms with E-state index in [9.17, 15) is 13.2 Å². The number of benzene rings is 1. The maximum Gasteiger partial charge on any atom is 0.573 e. The molecule has 0 aromatic heterocycles. The van der Waals surface area contributed by atoms with Crippen molar-refractivity contribution in [2.45, 2.75) is 50.7 Å². The molecule has 0 spiro atoms. The van der Waals surface area contributed by atoms with Crippen molar-refractivity contribution in [2.75, 3.05) is 20.3 Å². The summed E-state index contributed by atoms with van der Waals surface area (Å²) >= 11 is 0. The van der Waals surface area contributed by atoms with E-state index in [4.69, 9.17) is 15.2 Å². The molecule has 0 atom stereocenters. The number of nitrogens with two attached hydrogens (primary N) is 1. The average molecular weight is 362 g/mol. The van der Waals surface area contributed by atoms with Crippen LogP contribution in [0.4, 0.5) is 13.2 Å². The van der Waals surface area contributed by atoms with Crippen LogP contribution >= 0.6 is 0 Å². The molecule has 142 valence electrons. The van der Waals surface area contributed by atoms with Gasteiger partial charge in [-0.05, 0) is 43.9 Å². The van der Waals surface area contributed by atoms with E-state index in [0.717, 1.165) is 25.7 Å². The monoisotopic (exact) mass is 362 g/mol. The van der Waals surface area contributed by atoms with Gasteiger partial charge in [0.15, 0.2) is 0 Å². The summed E-state index contributed by atoms with van der Waals surface area (Å²) in [5, 5.41) is 3.38. The minimum absolute atomic E-state index is 0.245. The van der Waals surface area contributed by atoms with E-state index in [1.165, 1.54) is 18.2 Å². The standard InChI is InChI=1S/C17H25F3N2O3/c1-23-8-9-24-16-7-6-15(25-17(18,19)20)10-12(16)11-22-14-4-2-13(21)3-5-14/h6-7,10,13-14,22H,2-5,8-9,11,21H2,1H3. The normalized spacial score (nSPS) is 21.2. The molecule has 5 nitrogen and oxygen atoms in total. The van der Waals surface area contributed by atoms with Crippen LogP contribution in [0.25, 0.3) is 0 Å². The first-order valence-corrected chi connectivity index (χ1v) is 8.37. The molecular formula is C17H25F3N2O3. The molecule has 1 aromatic rings. The van der Waals surface area contributed by atoms with Crippen molar-refractivity contribution in [1.29, 1.82) is 0 Å². The summed E-state index contributed by atoms with van der Waals surface area (Å²) in [6, 6.07) is 4.65. The fourth-order valence-electron chi connectivity index (χ4n) is 2.84. The van der Waals surface area contributed by atoms with Gasteiger partial charge in [-0.25, -0.2) is 0 Å². The van der Waals surface area contributed by atoms with Crippen molar-refractivity contribution in [3.63, 3.8) is 0 Å². The summed E-state index contributed by atoms with van der Waals surface area (Å²) in [6.45, 7) is 1.12. The van der Waals surface area contributed by atoms with Gasteiger partial charge in [-0.2, -0.15) is 0 Å². The third-order valence-electron chi connectivity index (χ3n) is 4.16. The summed E-state index contributed by atoms with van der Waals surface area (Å²) in [6.07, 6.45) is -0.902. The summed E-state index contributed by atoms with van der Waals surface area (Å²) in [4.78, 5) is 0. The third kappa shape index (κ3) is 7.09. The van der Waals surface area contributed by atoms with Crippen LogP contribution in [0.15, 0.2) is 18.2 Å². The highest BCUT2D eigenvalue weighted by molar-refractivity contribution is 5.40. The van der Waals surface area contributed by atoms with Crippen LogP contribution in [-0.2, 0) is 11.3 Å². The summed E-state index contributed by atoms with van der Waals surface area (Å²) in [7, 11) is 1.56. The fraction of sp³-hybridized carbons (Fsp3) is 0.647. The Morgan fingerprint density at radius 1 is 1.16 bits per heavy atom. The molecule has 3 N–H and O–H groups in total. The van der Waals surface area contributed by atoms with E-state index in [2.05, 4.69) is 10.1 Å². The molecule has 0 aliphatic heterocycles. The van der Waals surface area contributed by atoms with Gasteiger partial charge in [-0.1, -0.05) is 0 Å². The molecule has 0 heterocycles. The number of rotatable bonds is 8. The van der Waals surface area contributed by atoms with Crippen molar-refractivity contribution in [2.24, 2.45) is 5.73 Å². The quantitative estimate of drug-likeness (QED) is 0.696. The molecule has 0 bridgehead atoms. The Morgan fingerprint density at radius 3 is 2.52 bits per heavy atom. The van der Waals surface area contributed by atoms with E-state index in [-0.39, 0.29) is 11.8 Å². The molecule has 1 fully saturated rings. The van der Waals surface area contributed by atoms with Gasteiger partial charge in [0.2, 0.25) is 0 Å². The van der Waals surface area contributed by atoms with Gasteiger partial charge in [-0.3, -0.25) is 0 Å². The van der Waals surface area contributed by atoms with Crippen molar-refractivity contribution < 1.29 is 27.4 Å². The lowest BCUT2D eigenvalue weighted by molar-refractivity contribution is -0.274. The Balaban J connectivity index is 2.03. The maximum atomic E-state index is 12.4. The highest BCUT2D eigenvalue weighted by Gasteiger charge is 2.31. The Hall–Kier alpha value is -1.51. The topological polar surface area (TPSA) is 65.7 Å². The molecule has 25 heavy (non-hydrogen) atoms. The Kier molecular flexibility index (Phi) is 7.34. The van der Waals surface area contributed by atoms with Gasteiger partial charge < -0.3 is 25.3 Å². The van der Waals surface area contributed by atoms with Crippen LogP contribution in [0, 0.1) is 0 Å². The molecular weight excluding hydrogens is 337 g/mol. The third-order valence-corrected chi connectivity index (χ3v) is 4.16. The van der Waals surface area contributed by atoms with Crippen molar-refractivity contribution >= 4 is 0 Å². The van der Waals surface area contributed by atoms with E-state index in [0.29, 0.717) is 37.1 Å². The number of alkyl halides is 3. The van der Waals surface area contributed by atoms with Gasteiger partial charge in [0, 0.05) is 31.3 Å².